The minimum atomic E-state index is 0.199. The molecule has 0 radical (unpaired) electrons. The van der Waals surface area contributed by atoms with E-state index in [1.807, 2.05) is 13.0 Å². The fraction of sp³-hybridized carbons (Fsp3) is 0.375. The van der Waals surface area contributed by atoms with Crippen molar-refractivity contribution < 1.29 is 4.42 Å². The fourth-order valence-corrected chi connectivity index (χ4v) is 2.77. The molecule has 0 bridgehead atoms. The number of benzene rings is 1. The van der Waals surface area contributed by atoms with Crippen LogP contribution < -0.4 is 0 Å². The zero-order valence-electron chi connectivity index (χ0n) is 11.3. The van der Waals surface area contributed by atoms with Crippen LogP contribution in [0.25, 0.3) is 0 Å². The average molecular weight is 307 g/mol. The molecule has 0 saturated carbocycles. The lowest BCUT2D eigenvalue weighted by atomic mass is 9.86. The Morgan fingerprint density at radius 2 is 1.67 bits per heavy atom. The molecule has 0 aliphatic heterocycles. The van der Waals surface area contributed by atoms with Crippen LogP contribution in [0.4, 0.5) is 0 Å². The Bertz CT molecular complexity index is 517. The van der Waals surface area contributed by atoms with E-state index in [1.54, 1.807) is 6.26 Å². The van der Waals surface area contributed by atoms with Gasteiger partial charge in [0.1, 0.15) is 5.76 Å². The van der Waals surface area contributed by atoms with Crippen molar-refractivity contribution in [2.45, 2.75) is 37.9 Å². The van der Waals surface area contributed by atoms with Crippen molar-refractivity contribution in [3.05, 3.63) is 59.0 Å². The lowest BCUT2D eigenvalue weighted by Crippen LogP contribution is -2.10. The summed E-state index contributed by atoms with van der Waals surface area (Å²) in [6, 6.07) is 10.8. The molecule has 0 amide bonds. The average Bonchev–Trinajstić information content (AvgIpc) is 2.73. The summed E-state index contributed by atoms with van der Waals surface area (Å²) in [6.07, 6.45) is 1.74. The maximum Gasteiger partial charge on any atom is 0.105 e. The van der Waals surface area contributed by atoms with Gasteiger partial charge in [-0.2, -0.15) is 0 Å². The summed E-state index contributed by atoms with van der Waals surface area (Å²) in [6.45, 7) is 8.68. The number of rotatable bonds is 2. The van der Waals surface area contributed by atoms with E-state index in [-0.39, 0.29) is 10.2 Å². The third-order valence-electron chi connectivity index (χ3n) is 3.24. The van der Waals surface area contributed by atoms with Crippen LogP contribution >= 0.6 is 15.9 Å². The Morgan fingerprint density at radius 1 is 1.06 bits per heavy atom. The van der Waals surface area contributed by atoms with Gasteiger partial charge < -0.3 is 4.42 Å². The summed E-state index contributed by atoms with van der Waals surface area (Å²) in [5, 5.41) is 0. The van der Waals surface area contributed by atoms with E-state index in [0.29, 0.717) is 0 Å². The molecule has 0 aliphatic carbocycles. The highest BCUT2D eigenvalue weighted by Gasteiger charge is 2.17. The summed E-state index contributed by atoms with van der Waals surface area (Å²) >= 11 is 3.74. The van der Waals surface area contributed by atoms with E-state index in [1.165, 1.54) is 16.7 Å². The summed E-state index contributed by atoms with van der Waals surface area (Å²) in [5.74, 6) is 0.969. The molecular weight excluding hydrogens is 288 g/mol. The van der Waals surface area contributed by atoms with Gasteiger partial charge in [-0.1, -0.05) is 61.0 Å². The lowest BCUT2D eigenvalue weighted by Gasteiger charge is -2.20. The number of furan rings is 1. The fourth-order valence-electron chi connectivity index (χ4n) is 1.99. The van der Waals surface area contributed by atoms with E-state index in [2.05, 4.69) is 61.0 Å². The van der Waals surface area contributed by atoms with Crippen LogP contribution in [-0.4, -0.2) is 0 Å². The van der Waals surface area contributed by atoms with Gasteiger partial charge in [0.05, 0.1) is 11.1 Å². The van der Waals surface area contributed by atoms with Crippen LogP contribution in [0.2, 0.25) is 0 Å². The Balaban J connectivity index is 2.28. The Labute approximate surface area is 117 Å². The maximum absolute atomic E-state index is 5.36. The van der Waals surface area contributed by atoms with Crippen LogP contribution in [0.15, 0.2) is 41.0 Å². The van der Waals surface area contributed by atoms with Gasteiger partial charge in [-0.05, 0) is 29.5 Å². The van der Waals surface area contributed by atoms with E-state index < -0.39 is 0 Å². The Hall–Kier alpha value is -1.02. The van der Waals surface area contributed by atoms with Crippen molar-refractivity contribution >= 4 is 15.9 Å². The number of alkyl halides is 1. The van der Waals surface area contributed by atoms with E-state index in [9.17, 15) is 0 Å². The van der Waals surface area contributed by atoms with Gasteiger partial charge in [0.15, 0.2) is 0 Å². The first-order chi connectivity index (χ1) is 8.39. The predicted molar refractivity (Wildman–Crippen MR) is 79.4 cm³/mol. The van der Waals surface area contributed by atoms with Crippen molar-refractivity contribution in [3.8, 4) is 0 Å². The van der Waals surface area contributed by atoms with Crippen LogP contribution in [0, 0.1) is 6.92 Å². The van der Waals surface area contributed by atoms with Crippen molar-refractivity contribution in [1.82, 2.24) is 0 Å². The first kappa shape index (κ1) is 13.4. The summed E-state index contributed by atoms with van der Waals surface area (Å²) in [5.41, 5.74) is 4.01. The zero-order chi connectivity index (χ0) is 13.3. The van der Waals surface area contributed by atoms with Gasteiger partial charge in [0.2, 0.25) is 0 Å². The SMILES string of the molecule is Cc1occc1C(Br)c1ccc(C(C)(C)C)cc1. The van der Waals surface area contributed by atoms with E-state index in [0.717, 1.165) is 5.76 Å². The maximum atomic E-state index is 5.36. The first-order valence-electron chi connectivity index (χ1n) is 6.18. The number of aryl methyl sites for hydroxylation is 1. The molecule has 0 fully saturated rings. The molecule has 2 rings (SSSR count). The molecule has 1 aromatic carbocycles. The summed E-state index contributed by atoms with van der Waals surface area (Å²) < 4.78 is 5.36. The standard InChI is InChI=1S/C16H19BrO/c1-11-14(9-10-18-11)15(17)12-5-7-13(8-6-12)16(2,3)4/h5-10,15H,1-4H3. The summed E-state index contributed by atoms with van der Waals surface area (Å²) in [4.78, 5) is 0.199. The second-order valence-corrected chi connectivity index (χ2v) is 6.58. The van der Waals surface area contributed by atoms with Crippen molar-refractivity contribution in [1.29, 1.82) is 0 Å². The minimum Gasteiger partial charge on any atom is -0.469 e. The number of halogens is 1. The molecule has 1 aromatic heterocycles. The molecule has 1 heterocycles. The molecular formula is C16H19BrO. The largest absolute Gasteiger partial charge is 0.469 e. The molecule has 0 aliphatic rings. The molecule has 0 spiro atoms. The van der Waals surface area contributed by atoms with E-state index in [4.69, 9.17) is 4.42 Å². The monoisotopic (exact) mass is 306 g/mol. The number of hydrogen-bond donors (Lipinski definition) is 0. The molecule has 96 valence electrons. The second kappa shape index (κ2) is 4.93. The molecule has 0 N–H and O–H groups in total. The number of hydrogen-bond acceptors (Lipinski definition) is 1. The lowest BCUT2D eigenvalue weighted by molar-refractivity contribution is 0.530. The van der Waals surface area contributed by atoms with Crippen LogP contribution in [0.1, 0.15) is 48.0 Å². The summed E-state index contributed by atoms with van der Waals surface area (Å²) in [7, 11) is 0. The van der Waals surface area contributed by atoms with Crippen LogP contribution in [-0.2, 0) is 5.41 Å². The van der Waals surface area contributed by atoms with Gasteiger partial charge in [-0.25, -0.2) is 0 Å². The first-order valence-corrected chi connectivity index (χ1v) is 7.09. The van der Waals surface area contributed by atoms with Gasteiger partial charge >= 0.3 is 0 Å². The highest BCUT2D eigenvalue weighted by atomic mass is 79.9. The smallest absolute Gasteiger partial charge is 0.105 e. The van der Waals surface area contributed by atoms with Crippen LogP contribution in [0.3, 0.4) is 0 Å². The highest BCUT2D eigenvalue weighted by molar-refractivity contribution is 9.09. The quantitative estimate of drug-likeness (QED) is 0.680. The molecule has 18 heavy (non-hydrogen) atoms. The third-order valence-corrected chi connectivity index (χ3v) is 4.26. The Kier molecular flexibility index (Phi) is 3.67. The van der Waals surface area contributed by atoms with Crippen molar-refractivity contribution in [2.75, 3.05) is 0 Å². The normalized spacial score (nSPS) is 13.6. The molecule has 0 saturated heterocycles. The molecule has 2 heteroatoms. The molecule has 1 unspecified atom stereocenters. The van der Waals surface area contributed by atoms with Gasteiger partial charge in [-0.15, -0.1) is 0 Å². The topological polar surface area (TPSA) is 13.1 Å². The van der Waals surface area contributed by atoms with Gasteiger partial charge in [0, 0.05) is 5.56 Å². The zero-order valence-corrected chi connectivity index (χ0v) is 12.9. The molecule has 2 aromatic rings. The van der Waals surface area contributed by atoms with Crippen LogP contribution in [0.5, 0.6) is 0 Å². The minimum absolute atomic E-state index is 0.199. The Morgan fingerprint density at radius 3 is 2.11 bits per heavy atom. The predicted octanol–water partition coefficient (Wildman–Crippen LogP) is 5.37. The molecule has 1 nitrogen and oxygen atoms in total. The highest BCUT2D eigenvalue weighted by Crippen LogP contribution is 2.34. The van der Waals surface area contributed by atoms with E-state index >= 15 is 0 Å². The second-order valence-electron chi connectivity index (χ2n) is 5.67. The third kappa shape index (κ3) is 2.69. The van der Waals surface area contributed by atoms with Crippen molar-refractivity contribution in [3.63, 3.8) is 0 Å². The van der Waals surface area contributed by atoms with Gasteiger partial charge in [0.25, 0.3) is 0 Å². The molecule has 1 atom stereocenters. The van der Waals surface area contributed by atoms with Crippen molar-refractivity contribution in [2.24, 2.45) is 0 Å². The van der Waals surface area contributed by atoms with Gasteiger partial charge in [-0.3, -0.25) is 0 Å².